The SMILES string of the molecule is CC1(C)Oc2cc(CC(N)C(=O)O)ccc2S1. The van der Waals surface area contributed by atoms with E-state index >= 15 is 0 Å². The lowest BCUT2D eigenvalue weighted by atomic mass is 10.1. The van der Waals surface area contributed by atoms with Crippen molar-refractivity contribution in [3.8, 4) is 5.75 Å². The molecule has 0 amide bonds. The van der Waals surface area contributed by atoms with Gasteiger partial charge in [-0.3, -0.25) is 4.79 Å². The summed E-state index contributed by atoms with van der Waals surface area (Å²) in [6.45, 7) is 4.00. The predicted molar refractivity (Wildman–Crippen MR) is 66.3 cm³/mol. The summed E-state index contributed by atoms with van der Waals surface area (Å²) >= 11 is 1.66. The molecule has 0 spiro atoms. The lowest BCUT2D eigenvalue weighted by molar-refractivity contribution is -0.138. The third-order valence-corrected chi connectivity index (χ3v) is 3.62. The largest absolute Gasteiger partial charge is 0.480 e. The molecule has 5 heteroatoms. The number of hydrogen-bond donors (Lipinski definition) is 2. The number of aliphatic carboxylic acids is 1. The molecule has 1 aromatic rings. The van der Waals surface area contributed by atoms with Crippen molar-refractivity contribution in [2.45, 2.75) is 36.1 Å². The van der Waals surface area contributed by atoms with E-state index in [9.17, 15) is 4.79 Å². The Morgan fingerprint density at radius 1 is 1.59 bits per heavy atom. The van der Waals surface area contributed by atoms with Crippen molar-refractivity contribution in [1.29, 1.82) is 0 Å². The summed E-state index contributed by atoms with van der Waals surface area (Å²) in [5.74, 6) is -0.170. The Balaban J connectivity index is 2.16. The average Bonchev–Trinajstić information content (AvgIpc) is 2.50. The van der Waals surface area contributed by atoms with Gasteiger partial charge < -0.3 is 15.6 Å². The number of rotatable bonds is 3. The molecule has 0 aromatic heterocycles. The van der Waals surface area contributed by atoms with Gasteiger partial charge in [0.2, 0.25) is 0 Å². The van der Waals surface area contributed by atoms with Gasteiger partial charge in [0.25, 0.3) is 0 Å². The molecular formula is C12H15NO3S. The molecule has 1 aromatic carbocycles. The summed E-state index contributed by atoms with van der Waals surface area (Å²) in [4.78, 5) is 11.5. The minimum Gasteiger partial charge on any atom is -0.480 e. The summed E-state index contributed by atoms with van der Waals surface area (Å²) < 4.78 is 5.75. The molecule has 17 heavy (non-hydrogen) atoms. The Kier molecular flexibility index (Phi) is 3.05. The van der Waals surface area contributed by atoms with Gasteiger partial charge in [0.1, 0.15) is 11.8 Å². The first-order valence-electron chi connectivity index (χ1n) is 5.37. The van der Waals surface area contributed by atoms with Crippen LogP contribution in [0.5, 0.6) is 5.75 Å². The van der Waals surface area contributed by atoms with Gasteiger partial charge in [0.05, 0.1) is 4.90 Å². The number of carbonyl (C=O) groups is 1. The highest BCUT2D eigenvalue weighted by molar-refractivity contribution is 8.00. The maximum Gasteiger partial charge on any atom is 0.320 e. The second-order valence-corrected chi connectivity index (χ2v) is 6.16. The van der Waals surface area contributed by atoms with Crippen molar-refractivity contribution in [3.63, 3.8) is 0 Å². The van der Waals surface area contributed by atoms with E-state index in [1.165, 1.54) is 0 Å². The molecule has 2 rings (SSSR count). The van der Waals surface area contributed by atoms with Gasteiger partial charge in [0, 0.05) is 0 Å². The van der Waals surface area contributed by atoms with Crippen molar-refractivity contribution in [1.82, 2.24) is 0 Å². The highest BCUT2D eigenvalue weighted by atomic mass is 32.2. The highest BCUT2D eigenvalue weighted by Crippen LogP contribution is 2.47. The first-order valence-corrected chi connectivity index (χ1v) is 6.18. The zero-order valence-electron chi connectivity index (χ0n) is 9.77. The third-order valence-electron chi connectivity index (χ3n) is 2.49. The predicted octanol–water partition coefficient (Wildman–Crippen LogP) is 1.86. The van der Waals surface area contributed by atoms with Crippen LogP contribution in [0.3, 0.4) is 0 Å². The standard InChI is InChI=1S/C12H15NO3S/c1-12(2)16-9-6-7(3-4-10(9)17-12)5-8(13)11(14)15/h3-4,6,8H,5,13H2,1-2H3,(H,14,15). The Labute approximate surface area is 104 Å². The maximum absolute atomic E-state index is 10.7. The Hall–Kier alpha value is -1.20. The van der Waals surface area contributed by atoms with Crippen molar-refractivity contribution < 1.29 is 14.6 Å². The monoisotopic (exact) mass is 253 g/mol. The van der Waals surface area contributed by atoms with Gasteiger partial charge >= 0.3 is 5.97 Å². The Morgan fingerprint density at radius 3 is 2.94 bits per heavy atom. The number of carboxylic acid groups (broad SMARTS) is 1. The van der Waals surface area contributed by atoms with E-state index in [1.54, 1.807) is 11.8 Å². The van der Waals surface area contributed by atoms with Crippen LogP contribution in [0, 0.1) is 0 Å². The first kappa shape index (κ1) is 12.3. The molecule has 0 fully saturated rings. The molecule has 0 radical (unpaired) electrons. The first-order chi connectivity index (χ1) is 7.87. The fraction of sp³-hybridized carbons (Fsp3) is 0.417. The van der Waals surface area contributed by atoms with Crippen molar-refractivity contribution in [2.75, 3.05) is 0 Å². The lowest BCUT2D eigenvalue weighted by Gasteiger charge is -2.15. The Morgan fingerprint density at radius 2 is 2.29 bits per heavy atom. The van der Waals surface area contributed by atoms with Crippen LogP contribution in [0.25, 0.3) is 0 Å². The number of benzene rings is 1. The fourth-order valence-electron chi connectivity index (χ4n) is 1.74. The van der Waals surface area contributed by atoms with Crippen LogP contribution in [0.4, 0.5) is 0 Å². The van der Waals surface area contributed by atoms with Crippen LogP contribution < -0.4 is 10.5 Å². The topological polar surface area (TPSA) is 72.5 Å². The van der Waals surface area contributed by atoms with Crippen LogP contribution in [-0.4, -0.2) is 22.1 Å². The van der Waals surface area contributed by atoms with Gasteiger partial charge in [-0.05, 0) is 38.0 Å². The van der Waals surface area contributed by atoms with Gasteiger partial charge in [-0.2, -0.15) is 0 Å². The second-order valence-electron chi connectivity index (χ2n) is 4.53. The van der Waals surface area contributed by atoms with Gasteiger partial charge in [-0.1, -0.05) is 17.8 Å². The molecule has 92 valence electrons. The summed E-state index contributed by atoms with van der Waals surface area (Å²) in [5, 5.41) is 8.76. The molecule has 0 saturated carbocycles. The molecule has 1 atom stereocenters. The molecule has 1 unspecified atom stereocenters. The van der Waals surface area contributed by atoms with Crippen molar-refractivity contribution in [3.05, 3.63) is 23.8 Å². The van der Waals surface area contributed by atoms with E-state index in [2.05, 4.69) is 0 Å². The molecular weight excluding hydrogens is 238 g/mol. The molecule has 4 nitrogen and oxygen atoms in total. The van der Waals surface area contributed by atoms with Gasteiger partial charge in [0.15, 0.2) is 4.93 Å². The fourth-order valence-corrected chi connectivity index (χ4v) is 2.73. The van der Waals surface area contributed by atoms with E-state index in [4.69, 9.17) is 15.6 Å². The minimum absolute atomic E-state index is 0.254. The van der Waals surface area contributed by atoms with Gasteiger partial charge in [-0.25, -0.2) is 0 Å². The van der Waals surface area contributed by atoms with E-state index < -0.39 is 12.0 Å². The second kappa shape index (κ2) is 4.23. The van der Waals surface area contributed by atoms with E-state index in [1.807, 2.05) is 32.0 Å². The Bertz CT molecular complexity index is 459. The molecule has 1 aliphatic heterocycles. The lowest BCUT2D eigenvalue weighted by Crippen LogP contribution is -2.32. The number of carboxylic acids is 1. The molecule has 0 saturated heterocycles. The summed E-state index contributed by atoms with van der Waals surface area (Å²) in [6.07, 6.45) is 0.317. The molecule has 0 bridgehead atoms. The minimum atomic E-state index is -0.985. The quantitative estimate of drug-likeness (QED) is 0.860. The van der Waals surface area contributed by atoms with Crippen molar-refractivity contribution in [2.24, 2.45) is 5.73 Å². The van der Waals surface area contributed by atoms with E-state index in [0.29, 0.717) is 6.42 Å². The van der Waals surface area contributed by atoms with Crippen molar-refractivity contribution >= 4 is 17.7 Å². The number of fused-ring (bicyclic) bond motifs is 1. The molecule has 1 aliphatic rings. The number of ether oxygens (including phenoxy) is 1. The summed E-state index contributed by atoms with van der Waals surface area (Å²) in [6, 6.07) is 4.87. The van der Waals surface area contributed by atoms with E-state index in [0.717, 1.165) is 16.2 Å². The summed E-state index contributed by atoms with van der Waals surface area (Å²) in [5.41, 5.74) is 6.39. The van der Waals surface area contributed by atoms with Crippen LogP contribution in [0.2, 0.25) is 0 Å². The number of nitrogens with two attached hydrogens (primary N) is 1. The molecule has 0 aliphatic carbocycles. The summed E-state index contributed by atoms with van der Waals surface area (Å²) in [7, 11) is 0. The smallest absolute Gasteiger partial charge is 0.320 e. The molecule has 3 N–H and O–H groups in total. The zero-order chi connectivity index (χ0) is 12.6. The number of thioether (sulfide) groups is 1. The normalized spacial score (nSPS) is 18.3. The highest BCUT2D eigenvalue weighted by Gasteiger charge is 2.31. The van der Waals surface area contributed by atoms with Crippen LogP contribution in [0.1, 0.15) is 19.4 Å². The molecule has 1 heterocycles. The van der Waals surface area contributed by atoms with Crippen LogP contribution >= 0.6 is 11.8 Å². The maximum atomic E-state index is 10.7. The third kappa shape index (κ3) is 2.73. The zero-order valence-corrected chi connectivity index (χ0v) is 10.6. The van der Waals surface area contributed by atoms with E-state index in [-0.39, 0.29) is 4.93 Å². The van der Waals surface area contributed by atoms with Crippen LogP contribution in [-0.2, 0) is 11.2 Å². The van der Waals surface area contributed by atoms with Crippen LogP contribution in [0.15, 0.2) is 23.1 Å². The average molecular weight is 253 g/mol. The van der Waals surface area contributed by atoms with Gasteiger partial charge in [-0.15, -0.1) is 0 Å². The number of hydrogen-bond acceptors (Lipinski definition) is 4.